The van der Waals surface area contributed by atoms with E-state index in [0.29, 0.717) is 16.9 Å². The SMILES string of the molecule is CN(c1ccccc1)S(=O)(=O)c1cccc(NC(=O)c2c[nH]c3ccccc23)c1. The van der Waals surface area contributed by atoms with Crippen molar-refractivity contribution in [3.8, 4) is 0 Å². The number of rotatable bonds is 5. The first-order valence-electron chi connectivity index (χ1n) is 8.98. The second-order valence-electron chi connectivity index (χ2n) is 6.54. The third-order valence-electron chi connectivity index (χ3n) is 4.70. The lowest BCUT2D eigenvalue weighted by Gasteiger charge is -2.19. The van der Waals surface area contributed by atoms with Gasteiger partial charge in [-0.3, -0.25) is 9.10 Å². The molecule has 0 aliphatic rings. The largest absolute Gasteiger partial charge is 0.360 e. The molecule has 2 N–H and O–H groups in total. The topological polar surface area (TPSA) is 82.3 Å². The third kappa shape index (κ3) is 3.60. The number of carbonyl (C=O) groups is 1. The summed E-state index contributed by atoms with van der Waals surface area (Å²) in [4.78, 5) is 15.9. The molecule has 0 unspecified atom stereocenters. The Balaban J connectivity index is 1.61. The fourth-order valence-corrected chi connectivity index (χ4v) is 4.37. The summed E-state index contributed by atoms with van der Waals surface area (Å²) in [5.74, 6) is -0.312. The van der Waals surface area contributed by atoms with Crippen molar-refractivity contribution in [3.63, 3.8) is 0 Å². The highest BCUT2D eigenvalue weighted by molar-refractivity contribution is 7.92. The Labute approximate surface area is 168 Å². The molecule has 4 aromatic rings. The van der Waals surface area contributed by atoms with Gasteiger partial charge in [0.2, 0.25) is 0 Å². The quantitative estimate of drug-likeness (QED) is 0.521. The number of aromatic nitrogens is 1. The molecule has 7 heteroatoms. The number of carbonyl (C=O) groups excluding carboxylic acids is 1. The number of hydrogen-bond donors (Lipinski definition) is 2. The van der Waals surface area contributed by atoms with Gasteiger partial charge in [-0.1, -0.05) is 42.5 Å². The number of aromatic amines is 1. The van der Waals surface area contributed by atoms with Crippen LogP contribution in [-0.4, -0.2) is 26.4 Å². The van der Waals surface area contributed by atoms with Crippen molar-refractivity contribution in [3.05, 3.63) is 90.6 Å². The van der Waals surface area contributed by atoms with E-state index in [0.717, 1.165) is 10.9 Å². The Hall–Kier alpha value is -3.58. The highest BCUT2D eigenvalue weighted by Gasteiger charge is 2.22. The summed E-state index contributed by atoms with van der Waals surface area (Å²) in [6, 6.07) is 22.6. The van der Waals surface area contributed by atoms with Gasteiger partial charge in [-0.2, -0.15) is 0 Å². The van der Waals surface area contributed by atoms with Gasteiger partial charge in [0.1, 0.15) is 0 Å². The lowest BCUT2D eigenvalue weighted by Crippen LogP contribution is -2.26. The second kappa shape index (κ2) is 7.44. The zero-order valence-corrected chi connectivity index (χ0v) is 16.5. The van der Waals surface area contributed by atoms with Crippen molar-refractivity contribution >= 4 is 38.2 Å². The van der Waals surface area contributed by atoms with Crippen LogP contribution < -0.4 is 9.62 Å². The van der Waals surface area contributed by atoms with Gasteiger partial charge in [-0.25, -0.2) is 8.42 Å². The zero-order valence-electron chi connectivity index (χ0n) is 15.7. The molecule has 1 aromatic heterocycles. The van der Waals surface area contributed by atoms with Crippen molar-refractivity contribution in [2.45, 2.75) is 4.90 Å². The van der Waals surface area contributed by atoms with Crippen molar-refractivity contribution in [1.29, 1.82) is 0 Å². The molecule has 0 radical (unpaired) electrons. The summed E-state index contributed by atoms with van der Waals surface area (Å²) in [7, 11) is -2.26. The number of para-hydroxylation sites is 2. The summed E-state index contributed by atoms with van der Waals surface area (Å²) < 4.78 is 27.2. The maximum absolute atomic E-state index is 13.0. The Bertz CT molecular complexity index is 1280. The molecule has 0 aliphatic heterocycles. The molecule has 1 amide bonds. The molecule has 0 atom stereocenters. The van der Waals surface area contributed by atoms with E-state index >= 15 is 0 Å². The van der Waals surface area contributed by atoms with Gasteiger partial charge < -0.3 is 10.3 Å². The number of nitrogens with zero attached hydrogens (tertiary/aromatic N) is 1. The zero-order chi connectivity index (χ0) is 20.4. The number of amides is 1. The molecule has 29 heavy (non-hydrogen) atoms. The summed E-state index contributed by atoms with van der Waals surface area (Å²) in [6.07, 6.45) is 1.64. The summed E-state index contributed by atoms with van der Waals surface area (Å²) >= 11 is 0. The fraction of sp³-hybridized carbons (Fsp3) is 0.0455. The molecule has 1 heterocycles. The average Bonchev–Trinajstić information content (AvgIpc) is 3.18. The minimum atomic E-state index is -3.76. The van der Waals surface area contributed by atoms with E-state index in [9.17, 15) is 13.2 Å². The molecule has 0 bridgehead atoms. The molecular formula is C22H19N3O3S. The maximum Gasteiger partial charge on any atom is 0.264 e. The van der Waals surface area contributed by atoms with Crippen LogP contribution in [0.1, 0.15) is 10.4 Å². The van der Waals surface area contributed by atoms with Crippen LogP contribution in [0.15, 0.2) is 90.0 Å². The molecule has 0 fully saturated rings. The monoisotopic (exact) mass is 405 g/mol. The van der Waals surface area contributed by atoms with Crippen molar-refractivity contribution in [1.82, 2.24) is 4.98 Å². The lowest BCUT2D eigenvalue weighted by molar-refractivity contribution is 0.102. The Morgan fingerprint density at radius 1 is 0.931 bits per heavy atom. The first-order chi connectivity index (χ1) is 14.0. The van der Waals surface area contributed by atoms with Crippen LogP contribution in [0.3, 0.4) is 0 Å². The normalized spacial score (nSPS) is 11.3. The van der Waals surface area contributed by atoms with E-state index in [4.69, 9.17) is 0 Å². The number of sulfonamides is 1. The molecular weight excluding hydrogens is 386 g/mol. The molecule has 0 saturated carbocycles. The Morgan fingerprint density at radius 3 is 2.45 bits per heavy atom. The average molecular weight is 405 g/mol. The summed E-state index contributed by atoms with van der Waals surface area (Å²) in [6.45, 7) is 0. The van der Waals surface area contributed by atoms with Crippen LogP contribution in [0.2, 0.25) is 0 Å². The first kappa shape index (κ1) is 18.8. The molecule has 0 aliphatic carbocycles. The minimum absolute atomic E-state index is 0.0978. The van der Waals surface area contributed by atoms with Gasteiger partial charge >= 0.3 is 0 Å². The summed E-state index contributed by atoms with van der Waals surface area (Å²) in [5, 5.41) is 3.59. The van der Waals surface area contributed by atoms with E-state index in [-0.39, 0.29) is 10.8 Å². The smallest absolute Gasteiger partial charge is 0.264 e. The second-order valence-corrected chi connectivity index (χ2v) is 8.51. The van der Waals surface area contributed by atoms with Crippen LogP contribution in [0, 0.1) is 0 Å². The van der Waals surface area contributed by atoms with Crippen LogP contribution in [0.4, 0.5) is 11.4 Å². The van der Waals surface area contributed by atoms with E-state index in [1.165, 1.54) is 23.5 Å². The molecule has 3 aromatic carbocycles. The maximum atomic E-state index is 13.0. The van der Waals surface area contributed by atoms with E-state index in [1.807, 2.05) is 30.3 Å². The Morgan fingerprint density at radius 2 is 1.66 bits per heavy atom. The van der Waals surface area contributed by atoms with Crippen LogP contribution >= 0.6 is 0 Å². The first-order valence-corrected chi connectivity index (χ1v) is 10.4. The number of nitrogens with one attached hydrogen (secondary N) is 2. The number of anilines is 2. The summed E-state index contributed by atoms with van der Waals surface area (Å²) in [5.41, 5.74) is 2.32. The Kier molecular flexibility index (Phi) is 4.82. The predicted molar refractivity (Wildman–Crippen MR) is 115 cm³/mol. The number of benzene rings is 3. The van der Waals surface area contributed by atoms with Crippen LogP contribution in [-0.2, 0) is 10.0 Å². The number of fused-ring (bicyclic) bond motifs is 1. The van der Waals surface area contributed by atoms with Crippen molar-refractivity contribution in [2.75, 3.05) is 16.7 Å². The van der Waals surface area contributed by atoms with Crippen molar-refractivity contribution in [2.24, 2.45) is 0 Å². The van der Waals surface area contributed by atoms with Gasteiger partial charge in [-0.15, -0.1) is 0 Å². The van der Waals surface area contributed by atoms with Gasteiger partial charge in [0.25, 0.3) is 15.9 Å². The van der Waals surface area contributed by atoms with E-state index < -0.39 is 10.0 Å². The molecule has 146 valence electrons. The van der Waals surface area contributed by atoms with Gasteiger partial charge in [0.05, 0.1) is 16.1 Å². The minimum Gasteiger partial charge on any atom is -0.360 e. The number of hydrogen-bond acceptors (Lipinski definition) is 3. The molecule has 6 nitrogen and oxygen atoms in total. The lowest BCUT2D eigenvalue weighted by atomic mass is 10.1. The highest BCUT2D eigenvalue weighted by Crippen LogP contribution is 2.24. The van der Waals surface area contributed by atoms with Gasteiger partial charge in [-0.05, 0) is 36.4 Å². The molecule has 0 spiro atoms. The highest BCUT2D eigenvalue weighted by atomic mass is 32.2. The molecule has 4 rings (SSSR count). The van der Waals surface area contributed by atoms with Crippen LogP contribution in [0.5, 0.6) is 0 Å². The number of H-pyrrole nitrogens is 1. The van der Waals surface area contributed by atoms with Gasteiger partial charge in [0, 0.05) is 29.8 Å². The van der Waals surface area contributed by atoms with Crippen molar-refractivity contribution < 1.29 is 13.2 Å². The van der Waals surface area contributed by atoms with E-state index in [1.54, 1.807) is 42.6 Å². The van der Waals surface area contributed by atoms with E-state index in [2.05, 4.69) is 10.3 Å². The third-order valence-corrected chi connectivity index (χ3v) is 6.49. The van der Waals surface area contributed by atoms with Crippen LogP contribution in [0.25, 0.3) is 10.9 Å². The van der Waals surface area contributed by atoms with Gasteiger partial charge in [0.15, 0.2) is 0 Å². The fourth-order valence-electron chi connectivity index (χ4n) is 3.13. The predicted octanol–water partition coefficient (Wildman–Crippen LogP) is 4.25. The standard InChI is InChI=1S/C22H19N3O3S/c1-25(17-9-3-2-4-10-17)29(27,28)18-11-7-8-16(14-18)24-22(26)20-15-23-21-13-6-5-12-19(20)21/h2-15,23H,1H3,(H,24,26). The molecule has 0 saturated heterocycles.